The molecule has 4 aromatic heterocycles. The van der Waals surface area contributed by atoms with Crippen molar-refractivity contribution in [3.05, 3.63) is 29.5 Å². The van der Waals surface area contributed by atoms with E-state index in [0.29, 0.717) is 33.9 Å². The van der Waals surface area contributed by atoms with Crippen LogP contribution in [0.15, 0.2) is 24.5 Å². The van der Waals surface area contributed by atoms with Crippen LogP contribution in [0.4, 0.5) is 5.82 Å². The molecule has 0 saturated heterocycles. The Labute approximate surface area is 201 Å². The van der Waals surface area contributed by atoms with E-state index in [1.54, 1.807) is 12.3 Å². The molecule has 34 heavy (non-hydrogen) atoms. The van der Waals surface area contributed by atoms with Gasteiger partial charge in [-0.25, -0.2) is 15.0 Å². The van der Waals surface area contributed by atoms with E-state index in [1.807, 2.05) is 12.3 Å². The third-order valence-corrected chi connectivity index (χ3v) is 7.74. The smallest absolute Gasteiger partial charge is 0.308 e. The van der Waals surface area contributed by atoms with Gasteiger partial charge >= 0.3 is 5.97 Å². The largest absolute Gasteiger partial charge is 0.481 e. The number of nitrogens with one attached hydrogen (secondary N) is 2. The normalized spacial score (nSPS) is 24.4. The topological polar surface area (TPSA) is 122 Å². The van der Waals surface area contributed by atoms with Crippen molar-refractivity contribution in [3.63, 3.8) is 0 Å². The molecule has 2 atom stereocenters. The molecule has 9 nitrogen and oxygen atoms in total. The van der Waals surface area contributed by atoms with Crippen LogP contribution >= 0.6 is 11.6 Å². The predicted molar refractivity (Wildman–Crippen MR) is 130 cm³/mol. The van der Waals surface area contributed by atoms with Crippen LogP contribution in [0, 0.1) is 17.8 Å². The van der Waals surface area contributed by atoms with E-state index in [1.165, 1.54) is 0 Å². The lowest BCUT2D eigenvalue weighted by Gasteiger charge is -2.47. The minimum atomic E-state index is -0.726. The van der Waals surface area contributed by atoms with Crippen LogP contribution in [0.25, 0.3) is 33.6 Å². The van der Waals surface area contributed by atoms with Crippen LogP contribution in [-0.4, -0.2) is 46.8 Å². The Hall–Kier alpha value is -3.20. The van der Waals surface area contributed by atoms with Gasteiger partial charge in [-0.1, -0.05) is 11.6 Å². The highest BCUT2D eigenvalue weighted by atomic mass is 35.5. The summed E-state index contributed by atoms with van der Waals surface area (Å²) in [5.41, 5.74) is 1.94. The lowest BCUT2D eigenvalue weighted by molar-refractivity contribution is -0.148. The zero-order chi connectivity index (χ0) is 23.6. The molecule has 3 saturated carbocycles. The number of nitrogens with zero attached hydrogens (tertiary/aromatic N) is 5. The maximum atomic E-state index is 12.2. The number of anilines is 1. The number of carbonyl (C=O) groups is 1. The van der Waals surface area contributed by atoms with Crippen molar-refractivity contribution in [2.45, 2.75) is 51.6 Å². The van der Waals surface area contributed by atoms with Gasteiger partial charge in [0, 0.05) is 24.5 Å². The van der Waals surface area contributed by atoms with Crippen molar-refractivity contribution < 1.29 is 9.90 Å². The van der Waals surface area contributed by atoms with Gasteiger partial charge in [0.2, 0.25) is 0 Å². The summed E-state index contributed by atoms with van der Waals surface area (Å²) in [5, 5.41) is 23.1. The first kappa shape index (κ1) is 21.3. The molecule has 4 heterocycles. The lowest BCUT2D eigenvalue weighted by Crippen LogP contribution is -2.51. The second-order valence-corrected chi connectivity index (χ2v) is 10.2. The first-order chi connectivity index (χ1) is 16.4. The summed E-state index contributed by atoms with van der Waals surface area (Å²) in [7, 11) is 0. The Balaban J connectivity index is 1.51. The molecule has 0 spiro atoms. The number of carboxylic acid groups (broad SMARTS) is 1. The number of carboxylic acids is 1. The number of fused-ring (bicyclic) bond motifs is 5. The molecule has 2 unspecified atom stereocenters. The minimum Gasteiger partial charge on any atom is -0.481 e. The van der Waals surface area contributed by atoms with Gasteiger partial charge in [0.1, 0.15) is 17.2 Å². The number of hydrogen-bond donors (Lipinski definition) is 3. The SMILES string of the molecule is CC(C)n1ccc2c(NC3C4CCC(CC4)C3C(=O)O)nc(-c3n[nH]c4ncc(Cl)cc34)nc21. The fraction of sp³-hybridized carbons (Fsp3) is 0.458. The maximum absolute atomic E-state index is 12.2. The fourth-order valence-electron chi connectivity index (χ4n) is 5.88. The maximum Gasteiger partial charge on any atom is 0.308 e. The molecule has 0 aromatic carbocycles. The van der Waals surface area contributed by atoms with Crippen LogP contribution in [-0.2, 0) is 4.79 Å². The quantitative estimate of drug-likeness (QED) is 0.372. The van der Waals surface area contributed by atoms with E-state index in [9.17, 15) is 9.90 Å². The van der Waals surface area contributed by atoms with Gasteiger partial charge in [-0.15, -0.1) is 0 Å². The average Bonchev–Trinajstić information content (AvgIpc) is 3.43. The molecule has 3 fully saturated rings. The first-order valence-electron chi connectivity index (χ1n) is 11.8. The number of rotatable bonds is 5. The third-order valence-electron chi connectivity index (χ3n) is 7.53. The summed E-state index contributed by atoms with van der Waals surface area (Å²) in [6.45, 7) is 4.20. The Morgan fingerprint density at radius 1 is 1.21 bits per heavy atom. The zero-order valence-electron chi connectivity index (χ0n) is 19.0. The van der Waals surface area contributed by atoms with Crippen LogP contribution < -0.4 is 5.32 Å². The van der Waals surface area contributed by atoms with Crippen LogP contribution in [0.5, 0.6) is 0 Å². The molecule has 10 heteroatoms. The van der Waals surface area contributed by atoms with Gasteiger partial charge in [-0.3, -0.25) is 9.89 Å². The molecule has 2 bridgehead atoms. The molecule has 3 aliphatic carbocycles. The Bertz CT molecular complexity index is 1400. The number of aromatic nitrogens is 6. The van der Waals surface area contributed by atoms with E-state index >= 15 is 0 Å². The van der Waals surface area contributed by atoms with Crippen LogP contribution in [0.2, 0.25) is 5.02 Å². The van der Waals surface area contributed by atoms with Crippen LogP contribution in [0.1, 0.15) is 45.6 Å². The Kier molecular flexibility index (Phi) is 4.98. The second kappa shape index (κ2) is 7.94. The molecule has 0 aliphatic heterocycles. The number of pyridine rings is 1. The van der Waals surface area contributed by atoms with E-state index < -0.39 is 11.9 Å². The Morgan fingerprint density at radius 3 is 2.71 bits per heavy atom. The van der Waals surface area contributed by atoms with Gasteiger partial charge in [0.05, 0.1) is 21.7 Å². The molecule has 0 amide bonds. The molecular weight excluding hydrogens is 454 g/mol. The zero-order valence-corrected chi connectivity index (χ0v) is 19.8. The highest BCUT2D eigenvalue weighted by Crippen LogP contribution is 2.46. The molecule has 176 valence electrons. The van der Waals surface area contributed by atoms with E-state index in [-0.39, 0.29) is 18.0 Å². The summed E-state index contributed by atoms with van der Waals surface area (Å²) >= 11 is 6.20. The number of hydrogen-bond acceptors (Lipinski definition) is 6. The molecule has 7 rings (SSSR count). The van der Waals surface area contributed by atoms with Crippen molar-refractivity contribution in [1.82, 2.24) is 29.7 Å². The van der Waals surface area contributed by atoms with E-state index in [4.69, 9.17) is 21.6 Å². The van der Waals surface area contributed by atoms with Gasteiger partial charge in [-0.05, 0) is 63.5 Å². The number of H-pyrrole nitrogens is 1. The monoisotopic (exact) mass is 479 g/mol. The Morgan fingerprint density at radius 2 is 1.97 bits per heavy atom. The van der Waals surface area contributed by atoms with Gasteiger partial charge in [0.25, 0.3) is 0 Å². The minimum absolute atomic E-state index is 0.162. The predicted octanol–water partition coefficient (Wildman–Crippen LogP) is 4.91. The summed E-state index contributed by atoms with van der Waals surface area (Å²) < 4.78 is 2.09. The summed E-state index contributed by atoms with van der Waals surface area (Å²) in [6, 6.07) is 3.83. The van der Waals surface area contributed by atoms with Crippen molar-refractivity contribution in [2.24, 2.45) is 17.8 Å². The molecule has 0 radical (unpaired) electrons. The van der Waals surface area contributed by atoms with Crippen LogP contribution in [0.3, 0.4) is 0 Å². The van der Waals surface area contributed by atoms with Crippen molar-refractivity contribution in [1.29, 1.82) is 0 Å². The highest BCUT2D eigenvalue weighted by Gasteiger charge is 2.47. The molecule has 3 N–H and O–H groups in total. The van der Waals surface area contributed by atoms with Crippen molar-refractivity contribution >= 4 is 45.5 Å². The second-order valence-electron chi connectivity index (χ2n) is 9.78. The summed E-state index contributed by atoms with van der Waals surface area (Å²) in [6.07, 6.45) is 7.64. The summed E-state index contributed by atoms with van der Waals surface area (Å²) in [5.74, 6) is 0.480. The molecule has 4 aromatic rings. The van der Waals surface area contributed by atoms with Gasteiger partial charge in [-0.2, -0.15) is 5.10 Å². The summed E-state index contributed by atoms with van der Waals surface area (Å²) in [4.78, 5) is 26.3. The highest BCUT2D eigenvalue weighted by molar-refractivity contribution is 6.31. The van der Waals surface area contributed by atoms with Crippen molar-refractivity contribution in [2.75, 3.05) is 5.32 Å². The third kappa shape index (κ3) is 3.33. The number of halogens is 1. The first-order valence-corrected chi connectivity index (χ1v) is 12.2. The number of aromatic amines is 1. The van der Waals surface area contributed by atoms with E-state index in [2.05, 4.69) is 38.9 Å². The van der Waals surface area contributed by atoms with Gasteiger partial charge < -0.3 is 15.0 Å². The fourth-order valence-corrected chi connectivity index (χ4v) is 6.04. The number of aliphatic carboxylic acids is 1. The standard InChI is InChI=1S/C24H26ClN7O2/c1-11(2)32-8-7-15-21(27-18-13-5-3-12(4-6-13)17(18)24(33)34)28-22(29-23(15)32)19-16-9-14(25)10-26-20(16)31-30-19/h7-13,17-18H,3-6H2,1-2H3,(H,33,34)(H,26,30,31)(H,27,28,29). The average molecular weight is 480 g/mol. The van der Waals surface area contributed by atoms with Gasteiger partial charge in [0.15, 0.2) is 11.5 Å². The molecule has 3 aliphatic rings. The lowest BCUT2D eigenvalue weighted by atomic mass is 9.61. The van der Waals surface area contributed by atoms with E-state index in [0.717, 1.165) is 42.1 Å². The van der Waals surface area contributed by atoms with Crippen molar-refractivity contribution in [3.8, 4) is 11.5 Å². The molecular formula is C24H26ClN7O2.